The third-order valence-corrected chi connectivity index (χ3v) is 6.83. The molecular formula is C28H33N3O3. The number of piperidine rings is 1. The number of hydrogen-bond acceptors (Lipinski definition) is 6. The Hall–Kier alpha value is -3.25. The Kier molecular flexibility index (Phi) is 6.59. The van der Waals surface area contributed by atoms with Gasteiger partial charge in [-0.15, -0.1) is 0 Å². The molecule has 1 unspecified atom stereocenters. The van der Waals surface area contributed by atoms with Crippen LogP contribution in [0.2, 0.25) is 0 Å². The molecule has 2 aromatic carbocycles. The molecule has 3 aromatic rings. The van der Waals surface area contributed by atoms with Gasteiger partial charge in [0, 0.05) is 30.3 Å². The van der Waals surface area contributed by atoms with Crippen LogP contribution in [0.5, 0.6) is 17.2 Å². The maximum atomic E-state index is 10.6. The molecule has 0 aliphatic carbocycles. The zero-order valence-corrected chi connectivity index (χ0v) is 20.0. The summed E-state index contributed by atoms with van der Waals surface area (Å²) in [4.78, 5) is 7.46. The normalized spacial score (nSPS) is 17.6. The number of anilines is 1. The Labute approximate surface area is 201 Å². The number of aromatic nitrogens is 1. The molecule has 1 saturated heterocycles. The van der Waals surface area contributed by atoms with Gasteiger partial charge in [0.05, 0.1) is 5.69 Å². The standard InChI is InChI=1S/C28H33N3O3/c1-19-10-11-25(32)23(15-19)24-16-21(22-8-5-9-26-28(22)34-18-33-26)17-27(30-24)29-12-6-14-31-13-4-3-7-20(31)2/h5,8-11,15-17,20,32H,3-4,6-7,12-14,18H2,1-2H3,(H,29,30). The van der Waals surface area contributed by atoms with Crippen LogP contribution in [0.4, 0.5) is 5.82 Å². The van der Waals surface area contributed by atoms with Gasteiger partial charge in [0.2, 0.25) is 6.79 Å². The lowest BCUT2D eigenvalue weighted by Crippen LogP contribution is -2.38. The fraction of sp³-hybridized carbons (Fsp3) is 0.393. The summed E-state index contributed by atoms with van der Waals surface area (Å²) in [6.07, 6.45) is 5.00. The van der Waals surface area contributed by atoms with Crippen molar-refractivity contribution in [3.8, 4) is 39.6 Å². The van der Waals surface area contributed by atoms with E-state index in [0.29, 0.717) is 6.04 Å². The number of nitrogens with one attached hydrogen (secondary N) is 1. The third-order valence-electron chi connectivity index (χ3n) is 6.83. The number of benzene rings is 2. The number of aromatic hydroxyl groups is 1. The second kappa shape index (κ2) is 9.94. The Balaban J connectivity index is 1.42. The maximum Gasteiger partial charge on any atom is 0.231 e. The van der Waals surface area contributed by atoms with E-state index in [0.717, 1.165) is 64.8 Å². The second-order valence-corrected chi connectivity index (χ2v) is 9.35. The molecule has 0 amide bonds. The first-order chi connectivity index (χ1) is 16.6. The van der Waals surface area contributed by atoms with Crippen molar-refractivity contribution < 1.29 is 14.6 Å². The minimum atomic E-state index is 0.221. The molecule has 34 heavy (non-hydrogen) atoms. The number of ether oxygens (including phenoxy) is 2. The van der Waals surface area contributed by atoms with E-state index in [1.807, 2.05) is 43.3 Å². The van der Waals surface area contributed by atoms with Gasteiger partial charge in [-0.1, -0.05) is 30.2 Å². The number of fused-ring (bicyclic) bond motifs is 1. The van der Waals surface area contributed by atoms with Gasteiger partial charge in [0.25, 0.3) is 0 Å². The van der Waals surface area contributed by atoms with Crippen molar-refractivity contribution >= 4 is 5.82 Å². The van der Waals surface area contributed by atoms with Crippen LogP contribution in [0.3, 0.4) is 0 Å². The summed E-state index contributed by atoms with van der Waals surface area (Å²) in [7, 11) is 0. The number of phenolic OH excluding ortho intramolecular Hbond substituents is 1. The monoisotopic (exact) mass is 459 g/mol. The molecule has 1 atom stereocenters. The zero-order chi connectivity index (χ0) is 23.5. The molecule has 0 radical (unpaired) electrons. The van der Waals surface area contributed by atoms with Crippen molar-refractivity contribution in [2.75, 3.05) is 31.7 Å². The summed E-state index contributed by atoms with van der Waals surface area (Å²) in [5.41, 5.74) is 4.44. The summed E-state index contributed by atoms with van der Waals surface area (Å²) in [5, 5.41) is 14.1. The van der Waals surface area contributed by atoms with Gasteiger partial charge in [0.15, 0.2) is 11.5 Å². The van der Waals surface area contributed by atoms with Crippen molar-refractivity contribution in [2.24, 2.45) is 0 Å². The fourth-order valence-electron chi connectivity index (χ4n) is 4.92. The lowest BCUT2D eigenvalue weighted by Gasteiger charge is -2.33. The van der Waals surface area contributed by atoms with E-state index in [2.05, 4.69) is 23.2 Å². The largest absolute Gasteiger partial charge is 0.507 e. The summed E-state index contributed by atoms with van der Waals surface area (Å²) < 4.78 is 11.4. The maximum absolute atomic E-state index is 10.6. The van der Waals surface area contributed by atoms with Crippen molar-refractivity contribution in [2.45, 2.75) is 45.6 Å². The van der Waals surface area contributed by atoms with E-state index in [1.54, 1.807) is 6.07 Å². The predicted octanol–water partition coefficient (Wildman–Crippen LogP) is 5.83. The van der Waals surface area contributed by atoms with Crippen LogP contribution >= 0.6 is 0 Å². The van der Waals surface area contributed by atoms with E-state index in [-0.39, 0.29) is 12.5 Å². The van der Waals surface area contributed by atoms with Crippen LogP contribution in [0, 0.1) is 6.92 Å². The molecule has 0 saturated carbocycles. The van der Waals surface area contributed by atoms with Crippen LogP contribution in [0.15, 0.2) is 48.5 Å². The van der Waals surface area contributed by atoms with Gasteiger partial charge < -0.3 is 24.8 Å². The average molecular weight is 460 g/mol. The van der Waals surface area contributed by atoms with Crippen molar-refractivity contribution in [3.05, 3.63) is 54.1 Å². The van der Waals surface area contributed by atoms with Crippen LogP contribution < -0.4 is 14.8 Å². The minimum absolute atomic E-state index is 0.221. The topological polar surface area (TPSA) is 66.8 Å². The number of hydrogen-bond donors (Lipinski definition) is 2. The highest BCUT2D eigenvalue weighted by molar-refractivity contribution is 5.81. The van der Waals surface area contributed by atoms with Crippen LogP contribution in [0.25, 0.3) is 22.4 Å². The summed E-state index contributed by atoms with van der Waals surface area (Å²) >= 11 is 0. The summed E-state index contributed by atoms with van der Waals surface area (Å²) in [6, 6.07) is 16.3. The molecule has 2 N–H and O–H groups in total. The number of nitrogens with zero attached hydrogens (tertiary/aromatic N) is 2. The Morgan fingerprint density at radius 2 is 2.00 bits per heavy atom. The lowest BCUT2D eigenvalue weighted by molar-refractivity contribution is 0.160. The molecule has 1 aromatic heterocycles. The van der Waals surface area contributed by atoms with E-state index >= 15 is 0 Å². The molecule has 3 heterocycles. The number of phenols is 1. The second-order valence-electron chi connectivity index (χ2n) is 9.35. The Morgan fingerprint density at radius 3 is 2.88 bits per heavy atom. The zero-order valence-electron chi connectivity index (χ0n) is 20.0. The minimum Gasteiger partial charge on any atom is -0.507 e. The summed E-state index contributed by atoms with van der Waals surface area (Å²) in [5.74, 6) is 2.51. The van der Waals surface area contributed by atoms with Gasteiger partial charge in [-0.3, -0.25) is 0 Å². The van der Waals surface area contributed by atoms with Gasteiger partial charge in [-0.05, 0) is 75.5 Å². The number of pyridine rings is 1. The van der Waals surface area contributed by atoms with Gasteiger partial charge in [-0.2, -0.15) is 0 Å². The molecule has 1 fully saturated rings. The van der Waals surface area contributed by atoms with Crippen LogP contribution in [-0.2, 0) is 0 Å². The number of aryl methyl sites for hydroxylation is 1. The third kappa shape index (κ3) is 4.82. The van der Waals surface area contributed by atoms with E-state index < -0.39 is 0 Å². The molecule has 2 aliphatic rings. The molecule has 0 spiro atoms. The molecular weight excluding hydrogens is 426 g/mol. The Morgan fingerprint density at radius 1 is 1.09 bits per heavy atom. The lowest BCUT2D eigenvalue weighted by atomic mass is 10.0. The van der Waals surface area contributed by atoms with Gasteiger partial charge in [-0.25, -0.2) is 4.98 Å². The smallest absolute Gasteiger partial charge is 0.231 e. The highest BCUT2D eigenvalue weighted by atomic mass is 16.7. The predicted molar refractivity (Wildman–Crippen MR) is 136 cm³/mol. The van der Waals surface area contributed by atoms with Gasteiger partial charge in [0.1, 0.15) is 11.6 Å². The van der Waals surface area contributed by atoms with Crippen LogP contribution in [0.1, 0.15) is 38.2 Å². The molecule has 0 bridgehead atoms. The van der Waals surface area contributed by atoms with E-state index in [1.165, 1.54) is 25.8 Å². The number of rotatable bonds is 7. The van der Waals surface area contributed by atoms with E-state index in [9.17, 15) is 5.11 Å². The van der Waals surface area contributed by atoms with Crippen molar-refractivity contribution in [1.82, 2.24) is 9.88 Å². The highest BCUT2D eigenvalue weighted by Crippen LogP contribution is 2.43. The molecule has 6 heteroatoms. The quantitative estimate of drug-likeness (QED) is 0.433. The van der Waals surface area contributed by atoms with E-state index in [4.69, 9.17) is 14.5 Å². The van der Waals surface area contributed by atoms with Crippen LogP contribution in [-0.4, -0.2) is 47.5 Å². The molecule has 6 nitrogen and oxygen atoms in total. The first-order valence-corrected chi connectivity index (χ1v) is 12.3. The van der Waals surface area contributed by atoms with Gasteiger partial charge >= 0.3 is 0 Å². The molecule has 5 rings (SSSR count). The molecule has 2 aliphatic heterocycles. The first kappa shape index (κ1) is 22.5. The first-order valence-electron chi connectivity index (χ1n) is 12.3. The number of para-hydroxylation sites is 1. The fourth-order valence-corrected chi connectivity index (χ4v) is 4.92. The van der Waals surface area contributed by atoms with Crippen molar-refractivity contribution in [3.63, 3.8) is 0 Å². The highest BCUT2D eigenvalue weighted by Gasteiger charge is 2.20. The SMILES string of the molecule is Cc1ccc(O)c(-c2cc(-c3cccc4c3OCO4)cc(NCCCN3CCCCC3C)n2)c1. The Bertz CT molecular complexity index is 1160. The number of likely N-dealkylation sites (tertiary alicyclic amines) is 1. The average Bonchev–Trinajstić information content (AvgIpc) is 3.33. The molecule has 178 valence electrons. The summed E-state index contributed by atoms with van der Waals surface area (Å²) in [6.45, 7) is 7.71. The van der Waals surface area contributed by atoms with Crippen molar-refractivity contribution in [1.29, 1.82) is 0 Å².